The van der Waals surface area contributed by atoms with Crippen LogP contribution >= 0.6 is 0 Å². The number of halogens is 1. The summed E-state index contributed by atoms with van der Waals surface area (Å²) in [6.45, 7) is 5.97. The van der Waals surface area contributed by atoms with Crippen LogP contribution in [0.1, 0.15) is 32.2 Å². The van der Waals surface area contributed by atoms with E-state index in [2.05, 4.69) is 35.9 Å². The molecular weight excluding hydrogens is 513 g/mol. The zero-order valence-corrected chi connectivity index (χ0v) is 21.8. The van der Waals surface area contributed by atoms with Gasteiger partial charge in [-0.15, -0.1) is 0 Å². The summed E-state index contributed by atoms with van der Waals surface area (Å²) < 4.78 is 22.2. The number of aromatic nitrogens is 6. The predicted molar refractivity (Wildman–Crippen MR) is 146 cm³/mol. The maximum atomic E-state index is 14.9. The first-order valence-electron chi connectivity index (χ1n) is 12.2. The number of nitrogens with one attached hydrogen (secondary N) is 3. The molecule has 0 saturated carbocycles. The molecule has 12 heteroatoms. The molecule has 4 heterocycles. The highest BCUT2D eigenvalue weighted by molar-refractivity contribution is 5.99. The molecule has 1 aromatic carbocycles. The van der Waals surface area contributed by atoms with E-state index in [1.165, 1.54) is 23.0 Å². The SMILES string of the molecule is CC(C)(C)c1cc(NC(=O)Nc2ccc(Oc3ccnc(-c4cn[nH]c4)c3)cc2F)n(-c2ccc(C#N)nc2)n1. The van der Waals surface area contributed by atoms with E-state index in [-0.39, 0.29) is 22.5 Å². The lowest BCUT2D eigenvalue weighted by Gasteiger charge is -2.14. The van der Waals surface area contributed by atoms with Gasteiger partial charge in [-0.1, -0.05) is 20.8 Å². The van der Waals surface area contributed by atoms with Gasteiger partial charge in [0, 0.05) is 41.6 Å². The third kappa shape index (κ3) is 5.78. The largest absolute Gasteiger partial charge is 0.457 e. The number of carbonyl (C=O) groups excluding carboxylic acids is 1. The summed E-state index contributed by atoms with van der Waals surface area (Å²) in [6, 6.07) is 13.8. The number of nitriles is 1. The Bertz CT molecular complexity index is 1700. The van der Waals surface area contributed by atoms with Gasteiger partial charge in [-0.25, -0.2) is 18.9 Å². The predicted octanol–water partition coefficient (Wildman–Crippen LogP) is 5.80. The first kappa shape index (κ1) is 26.1. The van der Waals surface area contributed by atoms with Crippen LogP contribution in [-0.2, 0) is 5.41 Å². The standard InChI is InChI=1S/C28H24FN9O2/c1-28(2,3)25-12-26(38(37-25)19-5-4-18(13-30)32-16-19)36-27(39)35-23-7-6-20(10-22(23)29)40-21-8-9-31-24(11-21)17-14-33-34-15-17/h4-12,14-16H,1-3H3,(H,33,34)(H2,35,36,39). The van der Waals surface area contributed by atoms with Crippen molar-refractivity contribution in [3.05, 3.63) is 90.5 Å². The quantitative estimate of drug-likeness (QED) is 0.248. The average molecular weight is 538 g/mol. The zero-order chi connectivity index (χ0) is 28.3. The number of rotatable bonds is 6. The number of amides is 2. The molecule has 200 valence electrons. The number of H-pyrrole nitrogens is 1. The van der Waals surface area contributed by atoms with Crippen LogP contribution in [0.15, 0.2) is 73.3 Å². The van der Waals surface area contributed by atoms with E-state index in [1.54, 1.807) is 55.0 Å². The number of aromatic amines is 1. The third-order valence-corrected chi connectivity index (χ3v) is 5.78. The first-order chi connectivity index (χ1) is 19.2. The van der Waals surface area contributed by atoms with E-state index in [1.807, 2.05) is 26.8 Å². The lowest BCUT2D eigenvalue weighted by Crippen LogP contribution is -2.22. The summed E-state index contributed by atoms with van der Waals surface area (Å²) in [5.41, 5.74) is 2.59. The molecular formula is C28H24FN9O2. The van der Waals surface area contributed by atoms with Crippen LogP contribution in [0.3, 0.4) is 0 Å². The van der Waals surface area contributed by atoms with Gasteiger partial charge in [0.15, 0.2) is 0 Å². The number of carbonyl (C=O) groups is 1. The molecule has 4 aromatic heterocycles. The van der Waals surface area contributed by atoms with E-state index in [0.29, 0.717) is 28.6 Å². The Balaban J connectivity index is 1.31. The van der Waals surface area contributed by atoms with Crippen molar-refractivity contribution in [2.24, 2.45) is 0 Å². The molecule has 2 amide bonds. The molecule has 0 radical (unpaired) electrons. The lowest BCUT2D eigenvalue weighted by atomic mass is 9.92. The van der Waals surface area contributed by atoms with Crippen LogP contribution in [0.5, 0.6) is 11.5 Å². The van der Waals surface area contributed by atoms with Crippen molar-refractivity contribution >= 4 is 17.5 Å². The van der Waals surface area contributed by atoms with E-state index >= 15 is 0 Å². The molecule has 0 bridgehead atoms. The smallest absolute Gasteiger partial charge is 0.324 e. The van der Waals surface area contributed by atoms with Gasteiger partial charge in [-0.3, -0.25) is 15.4 Å². The number of urea groups is 1. The van der Waals surface area contributed by atoms with Crippen molar-refractivity contribution < 1.29 is 13.9 Å². The maximum Gasteiger partial charge on any atom is 0.324 e. The van der Waals surface area contributed by atoms with Crippen LogP contribution < -0.4 is 15.4 Å². The van der Waals surface area contributed by atoms with E-state index < -0.39 is 11.8 Å². The fourth-order valence-electron chi connectivity index (χ4n) is 3.70. The Morgan fingerprint density at radius 2 is 1.88 bits per heavy atom. The molecule has 5 rings (SSSR count). The maximum absolute atomic E-state index is 14.9. The Morgan fingerprint density at radius 3 is 2.55 bits per heavy atom. The monoisotopic (exact) mass is 537 g/mol. The number of hydrogen-bond acceptors (Lipinski definition) is 7. The van der Waals surface area contributed by atoms with Crippen molar-refractivity contribution in [1.29, 1.82) is 5.26 Å². The van der Waals surface area contributed by atoms with Crippen molar-refractivity contribution in [1.82, 2.24) is 29.9 Å². The van der Waals surface area contributed by atoms with Crippen LogP contribution in [0.25, 0.3) is 16.9 Å². The minimum atomic E-state index is -0.683. The van der Waals surface area contributed by atoms with E-state index in [0.717, 1.165) is 5.56 Å². The van der Waals surface area contributed by atoms with Crippen molar-refractivity contribution in [3.63, 3.8) is 0 Å². The molecule has 0 fully saturated rings. The Kier molecular flexibility index (Phi) is 6.94. The van der Waals surface area contributed by atoms with Crippen molar-refractivity contribution in [2.45, 2.75) is 26.2 Å². The second-order valence-corrected chi connectivity index (χ2v) is 9.78. The summed E-state index contributed by atoms with van der Waals surface area (Å²) >= 11 is 0. The van der Waals surface area contributed by atoms with Crippen LogP contribution in [0, 0.1) is 17.1 Å². The molecule has 5 aromatic rings. The van der Waals surface area contributed by atoms with E-state index in [9.17, 15) is 9.18 Å². The summed E-state index contributed by atoms with van der Waals surface area (Å²) in [5, 5.41) is 25.5. The summed E-state index contributed by atoms with van der Waals surface area (Å²) in [7, 11) is 0. The van der Waals surface area contributed by atoms with Gasteiger partial charge in [0.25, 0.3) is 0 Å². The number of ether oxygens (including phenoxy) is 1. The fraction of sp³-hybridized carbons (Fsp3) is 0.143. The lowest BCUT2D eigenvalue weighted by molar-refractivity contribution is 0.262. The number of pyridine rings is 2. The van der Waals surface area contributed by atoms with Gasteiger partial charge in [-0.2, -0.15) is 15.5 Å². The minimum absolute atomic E-state index is 0.0409. The molecule has 3 N–H and O–H groups in total. The molecule has 11 nitrogen and oxygen atoms in total. The van der Waals surface area contributed by atoms with Crippen molar-refractivity contribution in [3.8, 4) is 34.5 Å². The molecule has 0 atom stereocenters. The Morgan fingerprint density at radius 1 is 1.05 bits per heavy atom. The molecule has 0 aliphatic heterocycles. The van der Waals surface area contributed by atoms with E-state index in [4.69, 9.17) is 10.00 Å². The first-order valence-corrected chi connectivity index (χ1v) is 12.2. The number of anilines is 2. The molecule has 0 saturated heterocycles. The molecule has 0 unspecified atom stereocenters. The zero-order valence-electron chi connectivity index (χ0n) is 21.8. The van der Waals surface area contributed by atoms with Crippen LogP contribution in [-0.4, -0.2) is 36.0 Å². The second-order valence-electron chi connectivity index (χ2n) is 9.78. The van der Waals surface area contributed by atoms with Crippen molar-refractivity contribution in [2.75, 3.05) is 10.6 Å². The third-order valence-electron chi connectivity index (χ3n) is 5.78. The molecule has 0 spiro atoms. The number of nitrogens with zero attached hydrogens (tertiary/aromatic N) is 6. The Hall–Kier alpha value is -5.57. The second kappa shape index (κ2) is 10.7. The molecule has 0 aliphatic carbocycles. The highest BCUT2D eigenvalue weighted by atomic mass is 19.1. The fourth-order valence-corrected chi connectivity index (χ4v) is 3.70. The molecule has 40 heavy (non-hydrogen) atoms. The topological polar surface area (TPSA) is 146 Å². The highest BCUT2D eigenvalue weighted by Crippen LogP contribution is 2.29. The number of hydrogen-bond donors (Lipinski definition) is 3. The van der Waals surface area contributed by atoms with Crippen LogP contribution in [0.2, 0.25) is 0 Å². The summed E-state index contributed by atoms with van der Waals surface area (Å²) in [5.74, 6) is 0.371. The highest BCUT2D eigenvalue weighted by Gasteiger charge is 2.22. The van der Waals surface area contributed by atoms with Gasteiger partial charge in [0.05, 0.1) is 35.2 Å². The van der Waals surface area contributed by atoms with Gasteiger partial charge < -0.3 is 10.1 Å². The number of benzene rings is 1. The van der Waals surface area contributed by atoms with Gasteiger partial charge in [0.2, 0.25) is 0 Å². The Labute approximate surface area is 228 Å². The van der Waals surface area contributed by atoms with Crippen LogP contribution in [0.4, 0.5) is 20.7 Å². The van der Waals surface area contributed by atoms with Gasteiger partial charge in [0.1, 0.15) is 34.9 Å². The summed E-state index contributed by atoms with van der Waals surface area (Å²) in [4.78, 5) is 21.2. The van der Waals surface area contributed by atoms with Gasteiger partial charge in [-0.05, 0) is 30.3 Å². The molecule has 0 aliphatic rings. The summed E-state index contributed by atoms with van der Waals surface area (Å²) in [6.07, 6.45) is 6.41. The average Bonchev–Trinajstić information content (AvgIpc) is 3.61. The van der Waals surface area contributed by atoms with Gasteiger partial charge >= 0.3 is 6.03 Å². The minimum Gasteiger partial charge on any atom is -0.457 e. The normalized spacial score (nSPS) is 11.1.